The van der Waals surface area contributed by atoms with Gasteiger partial charge in [0.2, 0.25) is 0 Å². The summed E-state index contributed by atoms with van der Waals surface area (Å²) in [5, 5.41) is 8.84. The number of carbonyl (C=O) groups excluding carboxylic acids is 1. The molecule has 4 aliphatic carbocycles. The average molecular weight is 251 g/mol. The molecule has 0 amide bonds. The van der Waals surface area contributed by atoms with Crippen LogP contribution in [0.4, 0.5) is 0 Å². The minimum absolute atomic E-state index is 0.0154. The molecule has 4 bridgehead atoms. The van der Waals surface area contributed by atoms with Crippen molar-refractivity contribution in [2.45, 2.75) is 51.0 Å². The average Bonchev–Trinajstić information content (AvgIpc) is 2.26. The Morgan fingerprint density at radius 3 is 1.94 bits per heavy atom. The largest absolute Gasteiger partial charge is 0.480 e. The van der Waals surface area contributed by atoms with Gasteiger partial charge in [0.05, 0.1) is 0 Å². The van der Waals surface area contributed by atoms with Gasteiger partial charge in [-0.1, -0.05) is 0 Å². The first-order chi connectivity index (χ1) is 8.48. The molecule has 0 aromatic rings. The summed E-state index contributed by atoms with van der Waals surface area (Å²) >= 11 is 0. The Morgan fingerprint density at radius 1 is 1.11 bits per heavy atom. The summed E-state index contributed by atoms with van der Waals surface area (Å²) < 4.78 is 0. The number of rotatable bonds is 4. The van der Waals surface area contributed by atoms with Crippen LogP contribution in [0.2, 0.25) is 0 Å². The second-order valence-electron chi connectivity index (χ2n) is 6.77. The number of hydrogen-bond donors (Lipinski definition) is 2. The van der Waals surface area contributed by atoms with E-state index in [-0.39, 0.29) is 17.6 Å². The van der Waals surface area contributed by atoms with E-state index in [9.17, 15) is 9.59 Å². The summed E-state index contributed by atoms with van der Waals surface area (Å²) in [4.78, 5) is 23.3. The van der Waals surface area contributed by atoms with Gasteiger partial charge < -0.3 is 10.8 Å². The van der Waals surface area contributed by atoms with Crippen LogP contribution in [0.1, 0.15) is 44.9 Å². The highest BCUT2D eigenvalue weighted by atomic mass is 16.4. The van der Waals surface area contributed by atoms with Gasteiger partial charge in [0.15, 0.2) is 0 Å². The van der Waals surface area contributed by atoms with Gasteiger partial charge in [-0.2, -0.15) is 0 Å². The fourth-order valence-electron chi connectivity index (χ4n) is 4.96. The number of hydrogen-bond acceptors (Lipinski definition) is 3. The Morgan fingerprint density at radius 2 is 1.56 bits per heavy atom. The predicted molar refractivity (Wildman–Crippen MR) is 65.8 cm³/mol. The van der Waals surface area contributed by atoms with Crippen LogP contribution >= 0.6 is 0 Å². The van der Waals surface area contributed by atoms with Crippen LogP contribution in [0.5, 0.6) is 0 Å². The molecule has 0 aromatic carbocycles. The Bertz CT molecular complexity index is 355. The number of aliphatic carboxylic acids is 1. The van der Waals surface area contributed by atoms with Crippen LogP contribution in [0.15, 0.2) is 0 Å². The van der Waals surface area contributed by atoms with Crippen LogP contribution < -0.4 is 5.73 Å². The van der Waals surface area contributed by atoms with E-state index in [1.54, 1.807) is 0 Å². The predicted octanol–water partition coefficient (Wildman–Crippen LogP) is 1.57. The number of carboxylic acid groups (broad SMARTS) is 1. The zero-order valence-corrected chi connectivity index (χ0v) is 10.6. The molecule has 0 radical (unpaired) electrons. The maximum absolute atomic E-state index is 12.5. The number of nitrogens with two attached hydrogens (primary N) is 1. The fraction of sp³-hybridized carbons (Fsp3) is 0.857. The zero-order valence-electron chi connectivity index (χ0n) is 10.6. The lowest BCUT2D eigenvalue weighted by Crippen LogP contribution is -2.51. The third-order valence-corrected chi connectivity index (χ3v) is 5.35. The smallest absolute Gasteiger partial charge is 0.320 e. The second kappa shape index (κ2) is 4.05. The minimum atomic E-state index is -1.06. The van der Waals surface area contributed by atoms with Crippen molar-refractivity contribution in [1.29, 1.82) is 0 Å². The van der Waals surface area contributed by atoms with Crippen LogP contribution in [0.3, 0.4) is 0 Å². The van der Waals surface area contributed by atoms with Crippen molar-refractivity contribution >= 4 is 11.8 Å². The van der Waals surface area contributed by atoms with Crippen LogP contribution in [-0.2, 0) is 9.59 Å². The molecular weight excluding hydrogens is 230 g/mol. The molecule has 1 atom stereocenters. The van der Waals surface area contributed by atoms with E-state index in [4.69, 9.17) is 10.8 Å². The van der Waals surface area contributed by atoms with Crippen molar-refractivity contribution in [3.63, 3.8) is 0 Å². The first-order valence-electron chi connectivity index (χ1n) is 7.00. The van der Waals surface area contributed by atoms with Gasteiger partial charge in [-0.05, 0) is 56.3 Å². The highest BCUT2D eigenvalue weighted by Gasteiger charge is 2.54. The van der Waals surface area contributed by atoms with Gasteiger partial charge in [-0.15, -0.1) is 0 Å². The lowest BCUT2D eigenvalue weighted by Gasteiger charge is -2.56. The molecule has 4 fully saturated rings. The van der Waals surface area contributed by atoms with Crippen molar-refractivity contribution in [3.05, 3.63) is 0 Å². The summed E-state index contributed by atoms with van der Waals surface area (Å²) in [6.45, 7) is 0. The topological polar surface area (TPSA) is 80.4 Å². The molecule has 18 heavy (non-hydrogen) atoms. The molecule has 4 saturated carbocycles. The number of carbonyl (C=O) groups is 2. The summed E-state index contributed by atoms with van der Waals surface area (Å²) in [6.07, 6.45) is 6.85. The summed E-state index contributed by atoms with van der Waals surface area (Å²) in [6, 6.07) is -1.02. The molecule has 100 valence electrons. The molecule has 0 saturated heterocycles. The molecule has 0 spiro atoms. The van der Waals surface area contributed by atoms with Crippen LogP contribution in [0, 0.1) is 23.2 Å². The summed E-state index contributed by atoms with van der Waals surface area (Å²) in [5.74, 6) is 1.19. The van der Waals surface area contributed by atoms with E-state index in [1.807, 2.05) is 0 Å². The van der Waals surface area contributed by atoms with Crippen molar-refractivity contribution in [3.8, 4) is 0 Å². The Kier molecular flexibility index (Phi) is 2.73. The summed E-state index contributed by atoms with van der Waals surface area (Å²) in [5.41, 5.74) is 5.31. The first kappa shape index (κ1) is 12.2. The van der Waals surface area contributed by atoms with E-state index in [2.05, 4.69) is 0 Å². The Labute approximate surface area is 107 Å². The van der Waals surface area contributed by atoms with Gasteiger partial charge in [0.1, 0.15) is 11.8 Å². The third-order valence-electron chi connectivity index (χ3n) is 5.35. The van der Waals surface area contributed by atoms with Gasteiger partial charge in [-0.3, -0.25) is 9.59 Å². The number of ketones is 1. The van der Waals surface area contributed by atoms with Gasteiger partial charge in [0, 0.05) is 11.8 Å². The lowest BCUT2D eigenvalue weighted by atomic mass is 9.48. The fourth-order valence-corrected chi connectivity index (χ4v) is 4.96. The monoisotopic (exact) mass is 251 g/mol. The van der Waals surface area contributed by atoms with E-state index >= 15 is 0 Å². The number of carboxylic acids is 1. The Hall–Kier alpha value is -0.900. The Balaban J connectivity index is 1.75. The molecule has 4 rings (SSSR count). The van der Waals surface area contributed by atoms with E-state index < -0.39 is 12.0 Å². The number of Topliss-reactive ketones (excluding diaryl/α,β-unsaturated/α-hetero) is 1. The zero-order chi connectivity index (χ0) is 12.9. The van der Waals surface area contributed by atoms with Crippen molar-refractivity contribution in [2.24, 2.45) is 28.9 Å². The molecule has 4 aliphatic rings. The minimum Gasteiger partial charge on any atom is -0.480 e. The van der Waals surface area contributed by atoms with Gasteiger partial charge in [-0.25, -0.2) is 0 Å². The maximum atomic E-state index is 12.5. The third kappa shape index (κ3) is 1.87. The van der Waals surface area contributed by atoms with Crippen molar-refractivity contribution in [2.75, 3.05) is 0 Å². The van der Waals surface area contributed by atoms with Gasteiger partial charge in [0.25, 0.3) is 0 Å². The molecule has 3 N–H and O–H groups in total. The van der Waals surface area contributed by atoms with Gasteiger partial charge >= 0.3 is 5.97 Å². The summed E-state index contributed by atoms with van der Waals surface area (Å²) in [7, 11) is 0. The lowest BCUT2D eigenvalue weighted by molar-refractivity contribution is -0.148. The van der Waals surface area contributed by atoms with Crippen LogP contribution in [-0.4, -0.2) is 22.9 Å². The van der Waals surface area contributed by atoms with E-state index in [0.717, 1.165) is 19.3 Å². The van der Waals surface area contributed by atoms with E-state index in [0.29, 0.717) is 17.8 Å². The molecular formula is C14H21NO3. The molecule has 4 heteroatoms. The van der Waals surface area contributed by atoms with Crippen molar-refractivity contribution < 1.29 is 14.7 Å². The quantitative estimate of drug-likeness (QED) is 0.794. The second-order valence-corrected chi connectivity index (χ2v) is 6.77. The normalized spacial score (nSPS) is 42.8. The van der Waals surface area contributed by atoms with Crippen LogP contribution in [0.25, 0.3) is 0 Å². The maximum Gasteiger partial charge on any atom is 0.320 e. The standard InChI is InChI=1S/C14H21NO3/c15-11(13(17)18)4-12(16)14-5-8-1-9(6-14)3-10(2-8)7-14/h8-11H,1-7,15H2,(H,17,18). The molecule has 1 unspecified atom stereocenters. The molecule has 4 nitrogen and oxygen atoms in total. The SMILES string of the molecule is NC(CC(=O)C12CC3CC(CC(C3)C1)C2)C(=O)O. The molecule has 0 aromatic heterocycles. The highest BCUT2D eigenvalue weighted by Crippen LogP contribution is 2.60. The van der Waals surface area contributed by atoms with E-state index in [1.165, 1.54) is 19.3 Å². The highest BCUT2D eigenvalue weighted by molar-refractivity contribution is 5.90. The first-order valence-corrected chi connectivity index (χ1v) is 7.00. The van der Waals surface area contributed by atoms with Crippen molar-refractivity contribution in [1.82, 2.24) is 0 Å². The molecule has 0 heterocycles. The molecule has 0 aliphatic heterocycles.